The highest BCUT2D eigenvalue weighted by molar-refractivity contribution is 5.85. The third-order valence-corrected chi connectivity index (χ3v) is 3.62. The highest BCUT2D eigenvalue weighted by Gasteiger charge is 2.34. The fourth-order valence-corrected chi connectivity index (χ4v) is 2.05. The van der Waals surface area contributed by atoms with Gasteiger partial charge in [-0.3, -0.25) is 0 Å². The van der Waals surface area contributed by atoms with E-state index in [1.54, 1.807) is 14.0 Å². The minimum Gasteiger partial charge on any atom is -0.480 e. The molecule has 3 atom stereocenters. The lowest BCUT2D eigenvalue weighted by Gasteiger charge is -2.25. The van der Waals surface area contributed by atoms with Crippen molar-refractivity contribution < 1.29 is 19.4 Å². The quantitative estimate of drug-likeness (QED) is 0.689. The summed E-state index contributed by atoms with van der Waals surface area (Å²) in [5, 5.41) is 14.4. The first-order chi connectivity index (χ1) is 8.41. The van der Waals surface area contributed by atoms with E-state index in [2.05, 4.69) is 10.6 Å². The molecule has 0 radical (unpaired) electrons. The zero-order valence-electron chi connectivity index (χ0n) is 11.2. The first kappa shape index (κ1) is 14.8. The highest BCUT2D eigenvalue weighted by Crippen LogP contribution is 2.21. The number of carbonyl (C=O) groups excluding carboxylic acids is 1. The summed E-state index contributed by atoms with van der Waals surface area (Å²) in [5.41, 5.74) is -1.22. The Morgan fingerprint density at radius 2 is 2.11 bits per heavy atom. The second-order valence-corrected chi connectivity index (χ2v) is 4.96. The molecule has 1 saturated carbocycles. The minimum atomic E-state index is -1.22. The van der Waals surface area contributed by atoms with Gasteiger partial charge in [0.2, 0.25) is 0 Å². The standard InChI is InChI=1S/C12H22N2O4/c1-4-12(2,10(15)16)14-11(17)13-8-5-6-9(7-8)18-3/h8-9H,4-7H2,1-3H3,(H,15,16)(H2,13,14,17). The van der Waals surface area contributed by atoms with Crippen molar-refractivity contribution >= 4 is 12.0 Å². The van der Waals surface area contributed by atoms with Gasteiger partial charge in [0.05, 0.1) is 6.10 Å². The van der Waals surface area contributed by atoms with Gasteiger partial charge in [-0.15, -0.1) is 0 Å². The number of methoxy groups -OCH3 is 1. The third kappa shape index (κ3) is 3.60. The van der Waals surface area contributed by atoms with Crippen LogP contribution in [0.3, 0.4) is 0 Å². The van der Waals surface area contributed by atoms with Gasteiger partial charge < -0.3 is 20.5 Å². The molecule has 104 valence electrons. The number of ether oxygens (including phenoxy) is 1. The molecule has 3 N–H and O–H groups in total. The van der Waals surface area contributed by atoms with Crippen molar-refractivity contribution in [1.82, 2.24) is 10.6 Å². The number of nitrogens with one attached hydrogen (secondary N) is 2. The molecular formula is C12H22N2O4. The first-order valence-electron chi connectivity index (χ1n) is 6.26. The summed E-state index contributed by atoms with van der Waals surface area (Å²) in [5.74, 6) is -1.03. The molecule has 0 aromatic carbocycles. The number of carbonyl (C=O) groups is 2. The fraction of sp³-hybridized carbons (Fsp3) is 0.833. The van der Waals surface area contributed by atoms with E-state index in [1.807, 2.05) is 0 Å². The average molecular weight is 258 g/mol. The van der Waals surface area contributed by atoms with Crippen molar-refractivity contribution in [2.45, 2.75) is 57.2 Å². The highest BCUT2D eigenvalue weighted by atomic mass is 16.5. The molecule has 0 saturated heterocycles. The molecule has 6 heteroatoms. The molecule has 2 amide bonds. The Hall–Kier alpha value is -1.30. The van der Waals surface area contributed by atoms with E-state index in [-0.39, 0.29) is 12.1 Å². The molecule has 6 nitrogen and oxygen atoms in total. The molecule has 1 aliphatic carbocycles. The Bertz CT molecular complexity index is 321. The van der Waals surface area contributed by atoms with Gasteiger partial charge in [0, 0.05) is 13.2 Å². The van der Waals surface area contributed by atoms with E-state index in [1.165, 1.54) is 6.92 Å². The van der Waals surface area contributed by atoms with Crippen molar-refractivity contribution in [3.8, 4) is 0 Å². The van der Waals surface area contributed by atoms with Crippen molar-refractivity contribution in [2.24, 2.45) is 0 Å². The Balaban J connectivity index is 2.44. The second-order valence-electron chi connectivity index (χ2n) is 4.96. The van der Waals surface area contributed by atoms with Crippen molar-refractivity contribution in [1.29, 1.82) is 0 Å². The van der Waals surface area contributed by atoms with Crippen LogP contribution in [0, 0.1) is 0 Å². The molecule has 1 rings (SSSR count). The molecule has 1 aliphatic rings. The molecule has 0 bridgehead atoms. The van der Waals surface area contributed by atoms with E-state index < -0.39 is 17.5 Å². The van der Waals surface area contributed by atoms with Crippen LogP contribution >= 0.6 is 0 Å². The Kier molecular flexibility index (Phi) is 4.95. The van der Waals surface area contributed by atoms with Gasteiger partial charge in [-0.25, -0.2) is 9.59 Å². The van der Waals surface area contributed by atoms with E-state index in [9.17, 15) is 9.59 Å². The van der Waals surface area contributed by atoms with Crippen LogP contribution in [0.15, 0.2) is 0 Å². The smallest absolute Gasteiger partial charge is 0.329 e. The molecule has 18 heavy (non-hydrogen) atoms. The van der Waals surface area contributed by atoms with Crippen LogP contribution in [0.4, 0.5) is 4.79 Å². The van der Waals surface area contributed by atoms with Crippen LogP contribution in [0.1, 0.15) is 39.5 Å². The summed E-state index contributed by atoms with van der Waals surface area (Å²) >= 11 is 0. The van der Waals surface area contributed by atoms with Gasteiger partial charge in [-0.1, -0.05) is 6.92 Å². The van der Waals surface area contributed by atoms with E-state index in [0.717, 1.165) is 19.3 Å². The molecule has 0 aliphatic heterocycles. The largest absolute Gasteiger partial charge is 0.480 e. The summed E-state index contributed by atoms with van der Waals surface area (Å²) in [6.07, 6.45) is 3.08. The monoisotopic (exact) mass is 258 g/mol. The fourth-order valence-electron chi connectivity index (χ4n) is 2.05. The van der Waals surface area contributed by atoms with Gasteiger partial charge in [0.15, 0.2) is 0 Å². The van der Waals surface area contributed by atoms with Crippen LogP contribution in [0.2, 0.25) is 0 Å². The van der Waals surface area contributed by atoms with Gasteiger partial charge in [0.25, 0.3) is 0 Å². The molecule has 0 spiro atoms. The number of rotatable bonds is 5. The summed E-state index contributed by atoms with van der Waals surface area (Å²) in [7, 11) is 1.66. The average Bonchev–Trinajstić information content (AvgIpc) is 2.76. The van der Waals surface area contributed by atoms with Gasteiger partial charge >= 0.3 is 12.0 Å². The van der Waals surface area contributed by atoms with E-state index >= 15 is 0 Å². The summed E-state index contributed by atoms with van der Waals surface area (Å²) in [4.78, 5) is 22.8. The zero-order valence-corrected chi connectivity index (χ0v) is 11.2. The summed E-state index contributed by atoms with van der Waals surface area (Å²) in [6.45, 7) is 3.23. The number of amides is 2. The summed E-state index contributed by atoms with van der Waals surface area (Å²) in [6, 6.07) is -0.367. The second kappa shape index (κ2) is 6.04. The van der Waals surface area contributed by atoms with Crippen LogP contribution in [0.5, 0.6) is 0 Å². The normalized spacial score (nSPS) is 26.4. The SMILES string of the molecule is CCC(C)(NC(=O)NC1CCC(OC)C1)C(=O)O. The summed E-state index contributed by atoms with van der Waals surface area (Å²) < 4.78 is 5.22. The number of hydrogen-bond acceptors (Lipinski definition) is 3. The maximum Gasteiger partial charge on any atom is 0.329 e. The molecular weight excluding hydrogens is 236 g/mol. The van der Waals surface area contributed by atoms with Crippen LogP contribution in [-0.2, 0) is 9.53 Å². The molecule has 0 aromatic heterocycles. The topological polar surface area (TPSA) is 87.7 Å². The molecule has 1 fully saturated rings. The number of carboxylic acid groups (broad SMARTS) is 1. The first-order valence-corrected chi connectivity index (χ1v) is 6.26. The van der Waals surface area contributed by atoms with Gasteiger partial charge in [-0.05, 0) is 32.6 Å². The van der Waals surface area contributed by atoms with Crippen LogP contribution in [0.25, 0.3) is 0 Å². The number of urea groups is 1. The van der Waals surface area contributed by atoms with E-state index in [0.29, 0.717) is 6.42 Å². The Morgan fingerprint density at radius 3 is 2.56 bits per heavy atom. The minimum absolute atomic E-state index is 0.0600. The lowest BCUT2D eigenvalue weighted by Crippen LogP contribution is -2.56. The van der Waals surface area contributed by atoms with Crippen LogP contribution < -0.4 is 10.6 Å². The van der Waals surface area contributed by atoms with Crippen molar-refractivity contribution in [3.63, 3.8) is 0 Å². The number of carboxylic acids is 1. The van der Waals surface area contributed by atoms with Gasteiger partial charge in [-0.2, -0.15) is 0 Å². The molecule has 0 aromatic rings. The zero-order chi connectivity index (χ0) is 13.8. The number of aliphatic carboxylic acids is 1. The van der Waals surface area contributed by atoms with Crippen molar-refractivity contribution in [2.75, 3.05) is 7.11 Å². The predicted molar refractivity (Wildman–Crippen MR) is 66.4 cm³/mol. The maximum atomic E-state index is 11.7. The third-order valence-electron chi connectivity index (χ3n) is 3.62. The van der Waals surface area contributed by atoms with Crippen LogP contribution in [-0.4, -0.2) is 41.9 Å². The predicted octanol–water partition coefficient (Wildman–Crippen LogP) is 1.11. The molecule has 3 unspecified atom stereocenters. The Morgan fingerprint density at radius 1 is 1.44 bits per heavy atom. The maximum absolute atomic E-state index is 11.7. The van der Waals surface area contributed by atoms with Crippen molar-refractivity contribution in [3.05, 3.63) is 0 Å². The lowest BCUT2D eigenvalue weighted by molar-refractivity contribution is -0.143. The van der Waals surface area contributed by atoms with Gasteiger partial charge in [0.1, 0.15) is 5.54 Å². The molecule has 0 heterocycles. The number of hydrogen-bond donors (Lipinski definition) is 3. The lowest BCUT2D eigenvalue weighted by atomic mass is 10.00. The Labute approximate surface area is 107 Å². The van der Waals surface area contributed by atoms with E-state index in [4.69, 9.17) is 9.84 Å².